The summed E-state index contributed by atoms with van der Waals surface area (Å²) in [6.07, 6.45) is 3.41. The molecule has 1 atom stereocenters. The smallest absolute Gasteiger partial charge is 0.318 e. The number of nitrogens with one attached hydrogen (secondary N) is 1. The van der Waals surface area contributed by atoms with Crippen LogP contribution in [0.25, 0.3) is 22.4 Å². The standard InChI is InChI=1S/C16H15N3O3S/c1-2-22-15(20)10-23(21)12-5-3-11(4-6-12)16-18-13-7-8-17-9-14(13)19-16/h3-9H,2,10H2,1H3,(H,18,19). The zero-order valence-electron chi connectivity index (χ0n) is 12.5. The number of H-pyrrole nitrogens is 1. The van der Waals surface area contributed by atoms with Crippen molar-refractivity contribution in [3.8, 4) is 11.4 Å². The molecular weight excluding hydrogens is 314 g/mol. The van der Waals surface area contributed by atoms with E-state index in [4.69, 9.17) is 4.74 Å². The average Bonchev–Trinajstić information content (AvgIpc) is 2.99. The van der Waals surface area contributed by atoms with Crippen molar-refractivity contribution in [2.75, 3.05) is 12.4 Å². The molecule has 2 aromatic heterocycles. The summed E-state index contributed by atoms with van der Waals surface area (Å²) in [6, 6.07) is 8.94. The first-order valence-electron chi connectivity index (χ1n) is 7.11. The van der Waals surface area contributed by atoms with Crippen LogP contribution in [0, 0.1) is 0 Å². The van der Waals surface area contributed by atoms with Gasteiger partial charge in [-0.2, -0.15) is 0 Å². The third-order valence-corrected chi connectivity index (χ3v) is 4.52. The van der Waals surface area contributed by atoms with Crippen molar-refractivity contribution in [1.82, 2.24) is 15.0 Å². The van der Waals surface area contributed by atoms with Gasteiger partial charge in [-0.3, -0.25) is 14.0 Å². The van der Waals surface area contributed by atoms with E-state index in [0.717, 1.165) is 22.4 Å². The lowest BCUT2D eigenvalue weighted by molar-refractivity contribution is -0.139. The Kier molecular flexibility index (Phi) is 4.47. The molecule has 3 rings (SSSR count). The summed E-state index contributed by atoms with van der Waals surface area (Å²) in [6.45, 7) is 2.01. The molecule has 0 aliphatic carbocycles. The zero-order valence-corrected chi connectivity index (χ0v) is 13.3. The third-order valence-electron chi connectivity index (χ3n) is 3.23. The number of rotatable bonds is 5. The first-order valence-corrected chi connectivity index (χ1v) is 8.43. The fourth-order valence-corrected chi connectivity index (χ4v) is 3.05. The molecule has 118 valence electrons. The van der Waals surface area contributed by atoms with Crippen molar-refractivity contribution in [2.45, 2.75) is 11.8 Å². The minimum Gasteiger partial charge on any atom is -0.465 e. The summed E-state index contributed by atoms with van der Waals surface area (Å²) in [5.74, 6) is 0.124. The van der Waals surface area contributed by atoms with E-state index in [0.29, 0.717) is 4.90 Å². The molecule has 0 saturated heterocycles. The van der Waals surface area contributed by atoms with E-state index in [1.807, 2.05) is 18.2 Å². The number of aromatic nitrogens is 3. The van der Waals surface area contributed by atoms with Crippen LogP contribution >= 0.6 is 0 Å². The monoisotopic (exact) mass is 329 g/mol. The summed E-state index contributed by atoms with van der Waals surface area (Å²) in [5.41, 5.74) is 2.57. The highest BCUT2D eigenvalue weighted by molar-refractivity contribution is 7.85. The molecule has 0 amide bonds. The maximum absolute atomic E-state index is 12.1. The van der Waals surface area contributed by atoms with E-state index in [2.05, 4.69) is 15.0 Å². The van der Waals surface area contributed by atoms with Crippen LogP contribution in [0.4, 0.5) is 0 Å². The van der Waals surface area contributed by atoms with Gasteiger partial charge in [-0.15, -0.1) is 0 Å². The number of hydrogen-bond acceptors (Lipinski definition) is 5. The van der Waals surface area contributed by atoms with Crippen LogP contribution in [-0.2, 0) is 20.3 Å². The van der Waals surface area contributed by atoms with Gasteiger partial charge >= 0.3 is 5.97 Å². The summed E-state index contributed by atoms with van der Waals surface area (Å²) in [4.78, 5) is 23.7. The van der Waals surface area contributed by atoms with Gasteiger partial charge in [-0.05, 0) is 25.1 Å². The highest BCUT2D eigenvalue weighted by atomic mass is 32.2. The van der Waals surface area contributed by atoms with Gasteiger partial charge < -0.3 is 9.72 Å². The number of hydrogen-bond donors (Lipinski definition) is 1. The molecule has 23 heavy (non-hydrogen) atoms. The van der Waals surface area contributed by atoms with Gasteiger partial charge in [0, 0.05) is 16.7 Å². The number of pyridine rings is 1. The molecule has 0 radical (unpaired) electrons. The number of carbonyl (C=O) groups excluding carboxylic acids is 1. The Balaban J connectivity index is 1.79. The second-order valence-electron chi connectivity index (χ2n) is 4.80. The fraction of sp³-hybridized carbons (Fsp3) is 0.188. The fourth-order valence-electron chi connectivity index (χ4n) is 2.15. The molecule has 0 fully saturated rings. The molecule has 1 aromatic carbocycles. The Bertz CT molecular complexity index is 825. The normalized spacial score (nSPS) is 12.2. The van der Waals surface area contributed by atoms with Gasteiger partial charge in [0.2, 0.25) is 0 Å². The SMILES string of the molecule is CCOC(=O)CS(=O)c1ccc(-c2nc3ccncc3[nH]2)cc1. The number of imidazole rings is 1. The van der Waals surface area contributed by atoms with Gasteiger partial charge in [-0.25, -0.2) is 4.98 Å². The number of ether oxygens (including phenoxy) is 1. The number of esters is 1. The quantitative estimate of drug-likeness (QED) is 0.726. The molecule has 7 heteroatoms. The van der Waals surface area contributed by atoms with Crippen LogP contribution in [0.1, 0.15) is 6.92 Å². The van der Waals surface area contributed by atoms with Crippen LogP contribution in [-0.4, -0.2) is 37.5 Å². The van der Waals surface area contributed by atoms with Crippen LogP contribution in [0.15, 0.2) is 47.6 Å². The molecule has 3 aromatic rings. The van der Waals surface area contributed by atoms with E-state index < -0.39 is 16.8 Å². The molecule has 1 unspecified atom stereocenters. The largest absolute Gasteiger partial charge is 0.465 e. The predicted octanol–water partition coefficient (Wildman–Crippen LogP) is 2.30. The highest BCUT2D eigenvalue weighted by Crippen LogP contribution is 2.21. The minimum absolute atomic E-state index is 0.135. The summed E-state index contributed by atoms with van der Waals surface area (Å²) < 4.78 is 16.9. The molecule has 6 nitrogen and oxygen atoms in total. The van der Waals surface area contributed by atoms with Gasteiger partial charge in [-0.1, -0.05) is 12.1 Å². The van der Waals surface area contributed by atoms with Gasteiger partial charge in [0.05, 0.1) is 34.6 Å². The van der Waals surface area contributed by atoms with E-state index in [9.17, 15) is 9.00 Å². The first kappa shape index (κ1) is 15.4. The van der Waals surface area contributed by atoms with E-state index in [-0.39, 0.29) is 12.4 Å². The lowest BCUT2D eigenvalue weighted by atomic mass is 10.2. The molecule has 1 N–H and O–H groups in total. The van der Waals surface area contributed by atoms with Crippen LogP contribution in [0.3, 0.4) is 0 Å². The second kappa shape index (κ2) is 6.70. The van der Waals surface area contributed by atoms with Crippen molar-refractivity contribution in [1.29, 1.82) is 0 Å². The summed E-state index contributed by atoms with van der Waals surface area (Å²) in [7, 11) is -1.41. The van der Waals surface area contributed by atoms with Crippen LogP contribution < -0.4 is 0 Å². The Hall–Kier alpha value is -2.54. The van der Waals surface area contributed by atoms with Crippen molar-refractivity contribution in [2.24, 2.45) is 0 Å². The molecule has 0 saturated carbocycles. The Morgan fingerprint density at radius 2 is 2.04 bits per heavy atom. The zero-order chi connectivity index (χ0) is 16.2. The molecule has 0 bridgehead atoms. The summed E-state index contributed by atoms with van der Waals surface area (Å²) >= 11 is 0. The van der Waals surface area contributed by atoms with Gasteiger partial charge in [0.25, 0.3) is 0 Å². The Labute approximate surface area is 135 Å². The van der Waals surface area contributed by atoms with Crippen molar-refractivity contribution in [3.63, 3.8) is 0 Å². The van der Waals surface area contributed by atoms with Crippen LogP contribution in [0.5, 0.6) is 0 Å². The number of fused-ring (bicyclic) bond motifs is 1. The van der Waals surface area contributed by atoms with Crippen molar-refractivity contribution in [3.05, 3.63) is 42.7 Å². The van der Waals surface area contributed by atoms with Crippen LogP contribution in [0.2, 0.25) is 0 Å². The highest BCUT2D eigenvalue weighted by Gasteiger charge is 2.12. The van der Waals surface area contributed by atoms with E-state index in [1.165, 1.54) is 0 Å². The number of aromatic amines is 1. The predicted molar refractivity (Wildman–Crippen MR) is 87.2 cm³/mol. The maximum atomic E-state index is 12.1. The Morgan fingerprint density at radius 1 is 1.26 bits per heavy atom. The molecule has 0 aliphatic heterocycles. The van der Waals surface area contributed by atoms with Gasteiger partial charge in [0.1, 0.15) is 11.6 Å². The first-order chi connectivity index (χ1) is 11.2. The van der Waals surface area contributed by atoms with Crippen molar-refractivity contribution < 1.29 is 13.7 Å². The molecule has 0 aliphatic rings. The number of carbonyl (C=O) groups is 1. The number of benzene rings is 1. The number of nitrogens with zero attached hydrogens (tertiary/aromatic N) is 2. The van der Waals surface area contributed by atoms with Gasteiger partial charge in [0.15, 0.2) is 0 Å². The lowest BCUT2D eigenvalue weighted by Crippen LogP contribution is -2.13. The van der Waals surface area contributed by atoms with E-state index in [1.54, 1.807) is 31.5 Å². The summed E-state index contributed by atoms with van der Waals surface area (Å²) in [5, 5.41) is 0. The maximum Gasteiger partial charge on any atom is 0.318 e. The minimum atomic E-state index is -1.41. The molecule has 2 heterocycles. The third kappa shape index (κ3) is 3.45. The topological polar surface area (TPSA) is 84.9 Å². The molecule has 0 spiro atoms. The average molecular weight is 329 g/mol. The van der Waals surface area contributed by atoms with E-state index >= 15 is 0 Å². The second-order valence-corrected chi connectivity index (χ2v) is 6.25. The van der Waals surface area contributed by atoms with Crippen molar-refractivity contribution >= 4 is 27.8 Å². The Morgan fingerprint density at radius 3 is 2.74 bits per heavy atom. The molecular formula is C16H15N3O3S. The lowest BCUT2D eigenvalue weighted by Gasteiger charge is -2.03.